The summed E-state index contributed by atoms with van der Waals surface area (Å²) in [4.78, 5) is 12.8. The molecule has 0 spiro atoms. The van der Waals surface area contributed by atoms with Crippen LogP contribution in [-0.4, -0.2) is 12.5 Å². The largest absolute Gasteiger partial charge is 0.369 e. The molecule has 0 heterocycles. The second-order valence-corrected chi connectivity index (χ2v) is 9.04. The van der Waals surface area contributed by atoms with Gasteiger partial charge >= 0.3 is 0 Å². The highest BCUT2D eigenvalue weighted by Gasteiger charge is 2.47. The van der Waals surface area contributed by atoms with Crippen LogP contribution in [0.25, 0.3) is 11.1 Å². The summed E-state index contributed by atoms with van der Waals surface area (Å²) < 4.78 is 0. The molecule has 3 aromatic rings. The number of benzene rings is 3. The zero-order chi connectivity index (χ0) is 23.0. The third kappa shape index (κ3) is 5.11. The van der Waals surface area contributed by atoms with Gasteiger partial charge in [-0.15, -0.1) is 0 Å². The highest BCUT2D eigenvalue weighted by Crippen LogP contribution is 2.51. The predicted molar refractivity (Wildman–Crippen MR) is 134 cm³/mol. The van der Waals surface area contributed by atoms with Gasteiger partial charge in [0.25, 0.3) is 0 Å². The molecular formula is C29H36N2O. The zero-order valence-corrected chi connectivity index (χ0v) is 19.4. The number of rotatable bonds is 8. The molecule has 0 aromatic heterocycles. The molecule has 0 fully saturated rings. The molecule has 0 bridgehead atoms. The number of nitrogens with two attached hydrogens (primary N) is 2. The van der Waals surface area contributed by atoms with Gasteiger partial charge in [-0.1, -0.05) is 106 Å². The summed E-state index contributed by atoms with van der Waals surface area (Å²) in [5.74, 6) is 0.429. The van der Waals surface area contributed by atoms with Gasteiger partial charge in [-0.25, -0.2) is 0 Å². The molecule has 1 amide bonds. The number of fused-ring (bicyclic) bond motifs is 3. The van der Waals surface area contributed by atoms with Gasteiger partial charge in [-0.3, -0.25) is 4.79 Å². The van der Waals surface area contributed by atoms with Gasteiger partial charge in [0.1, 0.15) is 0 Å². The Morgan fingerprint density at radius 2 is 1.28 bits per heavy atom. The van der Waals surface area contributed by atoms with Crippen molar-refractivity contribution < 1.29 is 4.79 Å². The fraction of sp³-hybridized carbons (Fsp3) is 0.345. The lowest BCUT2D eigenvalue weighted by molar-refractivity contribution is -0.122. The summed E-state index contributed by atoms with van der Waals surface area (Å²) in [6, 6.07) is 27.0. The first kappa shape index (κ1) is 23.7. The van der Waals surface area contributed by atoms with E-state index >= 15 is 0 Å². The molecule has 168 valence electrons. The molecule has 0 radical (unpaired) electrons. The van der Waals surface area contributed by atoms with Gasteiger partial charge < -0.3 is 11.5 Å². The Morgan fingerprint density at radius 3 is 1.78 bits per heavy atom. The molecule has 0 atom stereocenters. The standard InChI is InChI=1S/C25H25NO.C4H11N/c26-24(27)25(18-10-2-5-13-19-11-3-1-4-12-19)22-16-8-6-14-20(22)21-15-7-9-17-23(21)25;1-4(2)3-5/h1,3-4,6-9,11-12,14-17H,2,5,10,13,18H2,(H2,26,27);4H,3,5H2,1-2H3. The lowest BCUT2D eigenvalue weighted by Crippen LogP contribution is -2.40. The highest BCUT2D eigenvalue weighted by atomic mass is 16.1. The molecular weight excluding hydrogens is 392 g/mol. The first-order chi connectivity index (χ1) is 15.5. The normalized spacial score (nSPS) is 13.1. The van der Waals surface area contributed by atoms with Crippen molar-refractivity contribution in [1.82, 2.24) is 0 Å². The van der Waals surface area contributed by atoms with E-state index in [4.69, 9.17) is 11.5 Å². The van der Waals surface area contributed by atoms with Crippen LogP contribution in [0.4, 0.5) is 0 Å². The van der Waals surface area contributed by atoms with Crippen LogP contribution in [-0.2, 0) is 16.6 Å². The summed E-state index contributed by atoms with van der Waals surface area (Å²) in [5.41, 5.74) is 16.3. The third-order valence-electron chi connectivity index (χ3n) is 6.32. The van der Waals surface area contributed by atoms with Crippen molar-refractivity contribution in [3.8, 4) is 11.1 Å². The fourth-order valence-electron chi connectivity index (χ4n) is 4.52. The van der Waals surface area contributed by atoms with Crippen LogP contribution in [0.2, 0.25) is 0 Å². The molecule has 0 saturated carbocycles. The van der Waals surface area contributed by atoms with Crippen molar-refractivity contribution in [2.45, 2.75) is 51.4 Å². The molecule has 4 N–H and O–H groups in total. The third-order valence-corrected chi connectivity index (χ3v) is 6.32. The molecule has 1 aliphatic carbocycles. The van der Waals surface area contributed by atoms with Crippen molar-refractivity contribution in [3.63, 3.8) is 0 Å². The Bertz CT molecular complexity index is 965. The number of carbonyl (C=O) groups excluding carboxylic acids is 1. The Labute approximate surface area is 192 Å². The maximum atomic E-state index is 12.8. The van der Waals surface area contributed by atoms with Gasteiger partial charge in [0, 0.05) is 0 Å². The second kappa shape index (κ2) is 11.1. The number of amides is 1. The number of aryl methyl sites for hydroxylation is 1. The molecule has 3 heteroatoms. The smallest absolute Gasteiger partial charge is 0.232 e. The lowest BCUT2D eigenvalue weighted by Gasteiger charge is -2.28. The van der Waals surface area contributed by atoms with Gasteiger partial charge in [0.2, 0.25) is 5.91 Å². The van der Waals surface area contributed by atoms with Crippen molar-refractivity contribution in [3.05, 3.63) is 95.6 Å². The molecule has 3 nitrogen and oxygen atoms in total. The van der Waals surface area contributed by atoms with E-state index in [9.17, 15) is 4.79 Å². The number of primary amides is 1. The summed E-state index contributed by atoms with van der Waals surface area (Å²) in [7, 11) is 0. The van der Waals surface area contributed by atoms with E-state index in [1.807, 2.05) is 24.3 Å². The minimum atomic E-state index is -0.695. The molecule has 32 heavy (non-hydrogen) atoms. The average molecular weight is 429 g/mol. The van der Waals surface area contributed by atoms with Crippen molar-refractivity contribution in [1.29, 1.82) is 0 Å². The van der Waals surface area contributed by atoms with E-state index in [2.05, 4.69) is 68.4 Å². The van der Waals surface area contributed by atoms with Crippen LogP contribution < -0.4 is 11.5 Å². The Balaban J connectivity index is 0.000000523. The van der Waals surface area contributed by atoms with E-state index in [1.54, 1.807) is 0 Å². The van der Waals surface area contributed by atoms with Gasteiger partial charge in [0.15, 0.2) is 0 Å². The second-order valence-electron chi connectivity index (χ2n) is 9.04. The molecule has 0 saturated heterocycles. The Kier molecular flexibility index (Phi) is 8.24. The van der Waals surface area contributed by atoms with E-state index in [0.29, 0.717) is 5.92 Å². The Morgan fingerprint density at radius 1 is 0.781 bits per heavy atom. The van der Waals surface area contributed by atoms with Crippen LogP contribution in [0.15, 0.2) is 78.9 Å². The minimum Gasteiger partial charge on any atom is -0.369 e. The molecule has 4 rings (SSSR count). The quantitative estimate of drug-likeness (QED) is 0.442. The van der Waals surface area contributed by atoms with Crippen LogP contribution in [0.1, 0.15) is 56.2 Å². The number of hydrogen-bond acceptors (Lipinski definition) is 2. The lowest BCUT2D eigenvalue weighted by atomic mass is 9.73. The highest BCUT2D eigenvalue weighted by molar-refractivity contribution is 5.99. The van der Waals surface area contributed by atoms with Crippen LogP contribution in [0.3, 0.4) is 0 Å². The average Bonchev–Trinajstić information content (AvgIpc) is 3.11. The van der Waals surface area contributed by atoms with Gasteiger partial charge in [-0.2, -0.15) is 0 Å². The first-order valence-corrected chi connectivity index (χ1v) is 11.7. The summed E-state index contributed by atoms with van der Waals surface area (Å²) in [5, 5.41) is 0. The fourth-order valence-corrected chi connectivity index (χ4v) is 4.52. The Hall–Kier alpha value is -2.91. The summed E-state index contributed by atoms with van der Waals surface area (Å²) in [6.07, 6.45) is 5.05. The van der Waals surface area contributed by atoms with Gasteiger partial charge in [0.05, 0.1) is 5.41 Å². The minimum absolute atomic E-state index is 0.233. The van der Waals surface area contributed by atoms with Gasteiger partial charge in [-0.05, 0) is 59.5 Å². The molecule has 0 aliphatic heterocycles. The van der Waals surface area contributed by atoms with Crippen LogP contribution >= 0.6 is 0 Å². The number of unbranched alkanes of at least 4 members (excludes halogenated alkanes) is 2. The van der Waals surface area contributed by atoms with Crippen molar-refractivity contribution in [2.24, 2.45) is 17.4 Å². The monoisotopic (exact) mass is 428 g/mol. The van der Waals surface area contributed by atoms with E-state index in [-0.39, 0.29) is 5.91 Å². The summed E-state index contributed by atoms with van der Waals surface area (Å²) in [6.45, 7) is 5.00. The van der Waals surface area contributed by atoms with E-state index in [0.717, 1.165) is 60.9 Å². The molecule has 0 unspecified atom stereocenters. The maximum absolute atomic E-state index is 12.8. The molecule has 1 aliphatic rings. The maximum Gasteiger partial charge on any atom is 0.232 e. The van der Waals surface area contributed by atoms with Crippen molar-refractivity contribution >= 4 is 5.91 Å². The zero-order valence-electron chi connectivity index (χ0n) is 19.4. The van der Waals surface area contributed by atoms with E-state index in [1.165, 1.54) is 5.56 Å². The van der Waals surface area contributed by atoms with Crippen LogP contribution in [0.5, 0.6) is 0 Å². The van der Waals surface area contributed by atoms with Crippen molar-refractivity contribution in [2.75, 3.05) is 6.54 Å². The predicted octanol–water partition coefficient (Wildman–Crippen LogP) is 5.84. The SMILES string of the molecule is CC(C)CN.NC(=O)C1(CCCCCc2ccccc2)c2ccccc2-c2ccccc21. The summed E-state index contributed by atoms with van der Waals surface area (Å²) >= 11 is 0. The van der Waals surface area contributed by atoms with Crippen LogP contribution in [0, 0.1) is 5.92 Å². The topological polar surface area (TPSA) is 69.1 Å². The van der Waals surface area contributed by atoms with E-state index < -0.39 is 5.41 Å². The number of hydrogen-bond donors (Lipinski definition) is 2. The molecule has 3 aromatic carbocycles. The number of carbonyl (C=O) groups is 1. The first-order valence-electron chi connectivity index (χ1n) is 11.7.